The Morgan fingerprint density at radius 2 is 1.49 bits per heavy atom. The van der Waals surface area contributed by atoms with Gasteiger partial charge in [-0.05, 0) is 104 Å². The molecule has 3 aliphatic rings. The summed E-state index contributed by atoms with van der Waals surface area (Å²) in [6.07, 6.45) is 7.34. The summed E-state index contributed by atoms with van der Waals surface area (Å²) < 4.78 is 23.3. The van der Waals surface area contributed by atoms with Crippen molar-refractivity contribution in [3.8, 4) is 23.0 Å². The smallest absolute Gasteiger partial charge is 0.161 e. The van der Waals surface area contributed by atoms with Gasteiger partial charge in [-0.15, -0.1) is 0 Å². The zero-order valence-corrected chi connectivity index (χ0v) is 26.0. The van der Waals surface area contributed by atoms with E-state index in [1.54, 1.807) is 28.4 Å². The van der Waals surface area contributed by atoms with E-state index in [2.05, 4.69) is 47.9 Å². The van der Waals surface area contributed by atoms with Crippen LogP contribution in [-0.4, -0.2) is 76.1 Å². The molecule has 0 aromatic heterocycles. The van der Waals surface area contributed by atoms with E-state index in [0.29, 0.717) is 0 Å². The molecule has 0 saturated heterocycles. The van der Waals surface area contributed by atoms with Crippen molar-refractivity contribution in [1.29, 1.82) is 0 Å². The van der Waals surface area contributed by atoms with Gasteiger partial charge in [0.05, 0.1) is 34.0 Å². The molecule has 0 amide bonds. The average molecular weight is 567 g/mol. The maximum absolute atomic E-state index is 10.5. The van der Waals surface area contributed by atoms with Gasteiger partial charge in [0, 0.05) is 31.7 Å². The molecule has 1 fully saturated rings. The maximum atomic E-state index is 10.5. The number of methoxy groups -OCH3 is 4. The number of aliphatic hydroxyl groups excluding tert-OH is 1. The van der Waals surface area contributed by atoms with Gasteiger partial charge in [-0.2, -0.15) is 0 Å². The van der Waals surface area contributed by atoms with Crippen LogP contribution in [-0.2, 0) is 18.4 Å². The molecule has 41 heavy (non-hydrogen) atoms. The second-order valence-corrected chi connectivity index (χ2v) is 12.0. The van der Waals surface area contributed by atoms with Gasteiger partial charge in [0.2, 0.25) is 0 Å². The monoisotopic (exact) mass is 566 g/mol. The minimum absolute atomic E-state index is 0.173. The van der Waals surface area contributed by atoms with Crippen LogP contribution in [0.25, 0.3) is 0 Å². The zero-order chi connectivity index (χ0) is 29.1. The lowest BCUT2D eigenvalue weighted by molar-refractivity contribution is -0.0757. The molecule has 7 heteroatoms. The molecule has 226 valence electrons. The molecule has 1 aliphatic carbocycles. The van der Waals surface area contributed by atoms with Gasteiger partial charge in [0.1, 0.15) is 0 Å². The van der Waals surface area contributed by atoms with Crippen molar-refractivity contribution in [2.75, 3.05) is 61.2 Å². The highest BCUT2D eigenvalue weighted by atomic mass is 16.5. The highest BCUT2D eigenvalue weighted by Crippen LogP contribution is 2.58. The van der Waals surface area contributed by atoms with Crippen LogP contribution in [0.3, 0.4) is 0 Å². The number of aliphatic hydroxyl groups is 1. The Morgan fingerprint density at radius 1 is 0.854 bits per heavy atom. The van der Waals surface area contributed by atoms with Crippen molar-refractivity contribution < 1.29 is 24.1 Å². The van der Waals surface area contributed by atoms with E-state index in [1.807, 2.05) is 0 Å². The Morgan fingerprint density at radius 3 is 2.12 bits per heavy atom. The highest BCUT2D eigenvalue weighted by molar-refractivity contribution is 5.53. The molecule has 1 saturated carbocycles. The third-order valence-electron chi connectivity index (χ3n) is 10.3. The van der Waals surface area contributed by atoms with Crippen molar-refractivity contribution >= 4 is 0 Å². The van der Waals surface area contributed by atoms with Crippen molar-refractivity contribution in [2.24, 2.45) is 11.8 Å². The Balaban J connectivity index is 1.76. The van der Waals surface area contributed by atoms with Crippen LogP contribution in [0.4, 0.5) is 0 Å². The molecular formula is C34H50N2O5. The van der Waals surface area contributed by atoms with Crippen molar-refractivity contribution in [2.45, 2.75) is 70.4 Å². The normalized spacial score (nSPS) is 26.4. The van der Waals surface area contributed by atoms with E-state index >= 15 is 0 Å². The lowest BCUT2D eigenvalue weighted by atomic mass is 9.58. The van der Waals surface area contributed by atoms with E-state index < -0.39 is 0 Å². The number of rotatable bonds is 10. The van der Waals surface area contributed by atoms with Crippen LogP contribution in [0, 0.1) is 11.8 Å². The fourth-order valence-electron chi connectivity index (χ4n) is 8.24. The van der Waals surface area contributed by atoms with Crippen molar-refractivity contribution in [3.05, 3.63) is 46.5 Å². The van der Waals surface area contributed by atoms with Gasteiger partial charge >= 0.3 is 0 Å². The Hall–Kier alpha value is -2.48. The van der Waals surface area contributed by atoms with Gasteiger partial charge in [0.15, 0.2) is 23.0 Å². The molecule has 1 spiro atoms. The summed E-state index contributed by atoms with van der Waals surface area (Å²) in [5.74, 6) is 3.75. The van der Waals surface area contributed by atoms with Gasteiger partial charge in [-0.3, -0.25) is 9.80 Å². The minimum Gasteiger partial charge on any atom is -0.493 e. The standard InChI is InChI=1S/C34H50N2O5/c1-7-9-14-36-16-12-25-19-30(39-4)32(41-6)21-27(25)34(36)13-10-23(22-37)17-28(34)33-26-20-31(40-5)29(38-3)18-24(26)11-15-35(33)8-2/h18-21,23,28,33,37H,7-17,22H2,1-6H3/t23-,28-,33?,34+/m1/s1. The maximum Gasteiger partial charge on any atom is 0.161 e. The van der Waals surface area contributed by atoms with Gasteiger partial charge in [-0.1, -0.05) is 20.3 Å². The fourth-order valence-corrected chi connectivity index (χ4v) is 8.24. The second-order valence-electron chi connectivity index (χ2n) is 12.0. The predicted octanol–water partition coefficient (Wildman–Crippen LogP) is 5.60. The van der Waals surface area contributed by atoms with Crippen molar-refractivity contribution in [1.82, 2.24) is 9.80 Å². The number of likely N-dealkylation sites (N-methyl/N-ethyl adjacent to an activating group) is 1. The number of hydrogen-bond donors (Lipinski definition) is 1. The van der Waals surface area contributed by atoms with Crippen LogP contribution in [0.2, 0.25) is 0 Å². The summed E-state index contributed by atoms with van der Waals surface area (Å²) in [5.41, 5.74) is 5.29. The predicted molar refractivity (Wildman–Crippen MR) is 163 cm³/mol. The highest BCUT2D eigenvalue weighted by Gasteiger charge is 2.55. The Bertz CT molecular complexity index is 1200. The molecule has 1 N–H and O–H groups in total. The zero-order valence-electron chi connectivity index (χ0n) is 26.0. The third-order valence-corrected chi connectivity index (χ3v) is 10.3. The summed E-state index contributed by atoms with van der Waals surface area (Å²) in [7, 11) is 6.92. The van der Waals surface area contributed by atoms with Crippen LogP contribution in [0.1, 0.15) is 74.2 Å². The molecule has 2 aliphatic heterocycles. The molecule has 0 radical (unpaired) electrons. The van der Waals surface area contributed by atoms with Gasteiger partial charge < -0.3 is 24.1 Å². The summed E-state index contributed by atoms with van der Waals surface area (Å²) in [6, 6.07) is 9.15. The van der Waals surface area contributed by atoms with E-state index in [-0.39, 0.29) is 30.0 Å². The Labute approximate surface area is 246 Å². The lowest BCUT2D eigenvalue weighted by Crippen LogP contribution is -2.61. The van der Waals surface area contributed by atoms with Crippen LogP contribution >= 0.6 is 0 Å². The molecule has 2 heterocycles. The topological polar surface area (TPSA) is 63.6 Å². The first kappa shape index (κ1) is 30.0. The summed E-state index contributed by atoms with van der Waals surface area (Å²) >= 11 is 0. The number of benzene rings is 2. The molecule has 2 aromatic rings. The van der Waals surface area contributed by atoms with E-state index in [1.165, 1.54) is 35.1 Å². The first-order valence-corrected chi connectivity index (χ1v) is 15.6. The Kier molecular flexibility index (Phi) is 9.37. The van der Waals surface area contributed by atoms with Gasteiger partial charge in [-0.25, -0.2) is 0 Å². The minimum atomic E-state index is -0.173. The molecule has 0 bridgehead atoms. The van der Waals surface area contributed by atoms with Crippen LogP contribution in [0.15, 0.2) is 24.3 Å². The SMILES string of the molecule is CCCCN1CCc2cc(OC)c(OC)cc2[C@]12CC[C@@H](CO)C[C@@H]2C1c2cc(OC)c(OC)cc2CCN1CC. The van der Waals surface area contributed by atoms with Gasteiger partial charge in [0.25, 0.3) is 0 Å². The van der Waals surface area contributed by atoms with E-state index in [0.717, 1.165) is 81.3 Å². The molecule has 7 nitrogen and oxygen atoms in total. The number of nitrogens with zero attached hydrogens (tertiary/aromatic N) is 2. The number of ether oxygens (including phenoxy) is 4. The average Bonchev–Trinajstić information content (AvgIpc) is 3.02. The van der Waals surface area contributed by atoms with E-state index in [4.69, 9.17) is 18.9 Å². The van der Waals surface area contributed by atoms with Crippen LogP contribution in [0.5, 0.6) is 23.0 Å². The quantitative estimate of drug-likeness (QED) is 0.402. The summed E-state index contributed by atoms with van der Waals surface area (Å²) in [6.45, 7) is 8.89. The van der Waals surface area contributed by atoms with E-state index in [9.17, 15) is 5.11 Å². The number of unbranched alkanes of at least 4 members (excludes halogenated alkanes) is 1. The first-order chi connectivity index (χ1) is 20.0. The third kappa shape index (κ3) is 5.19. The largest absolute Gasteiger partial charge is 0.493 e. The van der Waals surface area contributed by atoms with Crippen LogP contribution < -0.4 is 18.9 Å². The molecule has 2 aromatic carbocycles. The summed E-state index contributed by atoms with van der Waals surface area (Å²) in [4.78, 5) is 5.49. The number of fused-ring (bicyclic) bond motifs is 3. The summed E-state index contributed by atoms with van der Waals surface area (Å²) in [5, 5.41) is 10.5. The first-order valence-electron chi connectivity index (χ1n) is 15.6. The number of hydrogen-bond acceptors (Lipinski definition) is 7. The molecule has 5 rings (SSSR count). The fraction of sp³-hybridized carbons (Fsp3) is 0.647. The lowest BCUT2D eigenvalue weighted by Gasteiger charge is -2.60. The van der Waals surface area contributed by atoms with Crippen molar-refractivity contribution in [3.63, 3.8) is 0 Å². The molecular weight excluding hydrogens is 516 g/mol. The molecule has 4 atom stereocenters. The molecule has 1 unspecified atom stereocenters. The second kappa shape index (κ2) is 12.8.